The Morgan fingerprint density at radius 1 is 1.18 bits per heavy atom. The molecule has 2 aromatic heterocycles. The zero-order valence-corrected chi connectivity index (χ0v) is 17.4. The zero-order valence-electron chi connectivity index (χ0n) is 15.0. The van der Waals surface area contributed by atoms with E-state index in [0.717, 1.165) is 21.2 Å². The highest BCUT2D eigenvalue weighted by Crippen LogP contribution is 2.34. The highest BCUT2D eigenvalue weighted by molar-refractivity contribution is 7.16. The summed E-state index contributed by atoms with van der Waals surface area (Å²) in [5, 5.41) is 12.6. The Labute approximate surface area is 175 Å². The van der Waals surface area contributed by atoms with Crippen molar-refractivity contribution in [2.24, 2.45) is 0 Å². The number of thiazole rings is 1. The minimum absolute atomic E-state index is 0.142. The first kappa shape index (κ1) is 18.9. The number of nitrogens with zero attached hydrogens (tertiary/aromatic N) is 3. The van der Waals surface area contributed by atoms with Crippen molar-refractivity contribution in [1.82, 2.24) is 14.9 Å². The lowest BCUT2D eigenvalue weighted by atomic mass is 10.0. The maximum absolute atomic E-state index is 13.0. The van der Waals surface area contributed by atoms with E-state index in [4.69, 9.17) is 23.2 Å². The number of aryl methyl sites for hydroxylation is 1. The molecule has 4 aromatic rings. The summed E-state index contributed by atoms with van der Waals surface area (Å²) >= 11 is 13.6. The monoisotopic (exact) mass is 431 g/mol. The van der Waals surface area contributed by atoms with Gasteiger partial charge in [-0.25, -0.2) is 9.97 Å². The van der Waals surface area contributed by atoms with Gasteiger partial charge in [0.25, 0.3) is 5.91 Å². The van der Waals surface area contributed by atoms with Crippen molar-refractivity contribution >= 4 is 61.7 Å². The average molecular weight is 432 g/mol. The van der Waals surface area contributed by atoms with Gasteiger partial charge in [-0.3, -0.25) is 4.79 Å². The minimum Gasteiger partial charge on any atom is -0.505 e. The van der Waals surface area contributed by atoms with E-state index in [2.05, 4.69) is 9.97 Å². The quantitative estimate of drug-likeness (QED) is 0.468. The average Bonchev–Trinajstić information content (AvgIpc) is 3.09. The van der Waals surface area contributed by atoms with Crippen molar-refractivity contribution < 1.29 is 9.90 Å². The number of rotatable bonds is 3. The lowest BCUT2D eigenvalue weighted by molar-refractivity contribution is 0.0782. The third-order valence-electron chi connectivity index (χ3n) is 4.51. The number of aromatic nitrogens is 2. The highest BCUT2D eigenvalue weighted by atomic mass is 35.5. The van der Waals surface area contributed by atoms with Gasteiger partial charge < -0.3 is 10.0 Å². The number of phenols is 1. The van der Waals surface area contributed by atoms with E-state index < -0.39 is 0 Å². The van der Waals surface area contributed by atoms with Crippen LogP contribution in [0.4, 0.5) is 0 Å². The second-order valence-corrected chi connectivity index (χ2v) is 8.35. The van der Waals surface area contributed by atoms with Crippen molar-refractivity contribution in [2.75, 3.05) is 7.05 Å². The van der Waals surface area contributed by atoms with Crippen LogP contribution in [0.5, 0.6) is 5.75 Å². The van der Waals surface area contributed by atoms with Crippen molar-refractivity contribution in [1.29, 1.82) is 0 Å². The van der Waals surface area contributed by atoms with Crippen LogP contribution in [-0.2, 0) is 6.54 Å². The number of amides is 1. The summed E-state index contributed by atoms with van der Waals surface area (Å²) in [6, 6.07) is 8.77. The third-order valence-corrected chi connectivity index (χ3v) is 5.71. The van der Waals surface area contributed by atoms with Gasteiger partial charge in [0.2, 0.25) is 0 Å². The predicted octanol–water partition coefficient (Wildman–Crippen LogP) is 5.44. The van der Waals surface area contributed by atoms with E-state index in [-0.39, 0.29) is 17.2 Å². The smallest absolute Gasteiger partial charge is 0.257 e. The maximum atomic E-state index is 13.0. The number of pyridine rings is 1. The van der Waals surface area contributed by atoms with Gasteiger partial charge in [0.05, 0.1) is 15.8 Å². The Hall–Kier alpha value is -2.41. The second-order valence-electron chi connectivity index (χ2n) is 6.59. The Kier molecular flexibility index (Phi) is 4.87. The Bertz CT molecular complexity index is 1220. The molecule has 0 aliphatic rings. The van der Waals surface area contributed by atoms with Crippen molar-refractivity contribution in [3.05, 3.63) is 62.6 Å². The summed E-state index contributed by atoms with van der Waals surface area (Å²) < 4.78 is 0.934. The number of fused-ring (bicyclic) bond motifs is 2. The molecular weight excluding hydrogens is 417 g/mol. The molecule has 0 saturated heterocycles. The van der Waals surface area contributed by atoms with E-state index in [9.17, 15) is 9.90 Å². The number of halogens is 2. The highest BCUT2D eigenvalue weighted by Gasteiger charge is 2.21. The first-order valence-corrected chi connectivity index (χ1v) is 10.0. The molecule has 0 bridgehead atoms. The van der Waals surface area contributed by atoms with E-state index >= 15 is 0 Å². The Balaban J connectivity index is 1.73. The fraction of sp³-hybridized carbons (Fsp3) is 0.150. The molecule has 8 heteroatoms. The van der Waals surface area contributed by atoms with Crippen LogP contribution in [0.15, 0.2) is 35.8 Å². The molecule has 2 heterocycles. The van der Waals surface area contributed by atoms with Crippen LogP contribution in [-0.4, -0.2) is 32.9 Å². The number of phenolic OH excluding ortho intramolecular Hbond substituents is 1. The SMILES string of the molecule is Cc1cc(C(=O)N(C)Cc2cc(Cl)cc(Cl)c2)c(O)c2nc3ncsc3cc12. The molecule has 0 atom stereocenters. The Morgan fingerprint density at radius 2 is 1.89 bits per heavy atom. The van der Waals surface area contributed by atoms with Crippen molar-refractivity contribution in [3.8, 4) is 5.75 Å². The summed E-state index contributed by atoms with van der Waals surface area (Å²) in [5.74, 6) is -0.463. The van der Waals surface area contributed by atoms with Gasteiger partial charge >= 0.3 is 0 Å². The van der Waals surface area contributed by atoms with Gasteiger partial charge in [-0.15, -0.1) is 11.3 Å². The van der Waals surface area contributed by atoms with Gasteiger partial charge in [0.15, 0.2) is 11.4 Å². The molecule has 0 aliphatic carbocycles. The summed E-state index contributed by atoms with van der Waals surface area (Å²) in [7, 11) is 1.66. The number of aromatic hydroxyl groups is 1. The molecule has 142 valence electrons. The summed E-state index contributed by atoms with van der Waals surface area (Å²) in [6.07, 6.45) is 0. The molecule has 2 aromatic carbocycles. The molecule has 28 heavy (non-hydrogen) atoms. The van der Waals surface area contributed by atoms with Gasteiger partial charge in [-0.05, 0) is 48.4 Å². The lowest BCUT2D eigenvalue weighted by Gasteiger charge is -2.19. The first-order chi connectivity index (χ1) is 13.3. The number of hydrogen-bond acceptors (Lipinski definition) is 5. The van der Waals surface area contributed by atoms with E-state index in [0.29, 0.717) is 27.8 Å². The van der Waals surface area contributed by atoms with Crippen LogP contribution in [0, 0.1) is 6.92 Å². The number of hydrogen-bond donors (Lipinski definition) is 1. The predicted molar refractivity (Wildman–Crippen MR) is 114 cm³/mol. The number of benzene rings is 2. The van der Waals surface area contributed by atoms with E-state index in [1.807, 2.05) is 13.0 Å². The van der Waals surface area contributed by atoms with Gasteiger partial charge in [0, 0.05) is 29.0 Å². The van der Waals surface area contributed by atoms with Crippen LogP contribution in [0.25, 0.3) is 21.3 Å². The standard InChI is InChI=1S/C20H15Cl2N3O2S/c1-10-3-15(18(26)17-14(10)7-16-19(24-17)23-9-28-16)20(27)25(2)8-11-4-12(21)6-13(22)5-11/h3-7,9,26H,8H2,1-2H3. The van der Waals surface area contributed by atoms with Crippen LogP contribution < -0.4 is 0 Å². The fourth-order valence-electron chi connectivity index (χ4n) is 3.19. The Morgan fingerprint density at radius 3 is 2.61 bits per heavy atom. The third kappa shape index (κ3) is 3.39. The molecule has 5 nitrogen and oxygen atoms in total. The zero-order chi connectivity index (χ0) is 20.0. The first-order valence-electron chi connectivity index (χ1n) is 8.40. The number of carbonyl (C=O) groups excluding carboxylic acids is 1. The molecule has 0 radical (unpaired) electrons. The van der Waals surface area contributed by atoms with Crippen molar-refractivity contribution in [2.45, 2.75) is 13.5 Å². The minimum atomic E-state index is -0.321. The molecule has 0 spiro atoms. The molecule has 1 amide bonds. The van der Waals surface area contributed by atoms with Gasteiger partial charge in [0.1, 0.15) is 5.52 Å². The van der Waals surface area contributed by atoms with Crippen LogP contribution in [0.1, 0.15) is 21.5 Å². The molecule has 0 unspecified atom stereocenters. The largest absolute Gasteiger partial charge is 0.505 e. The molecule has 0 fully saturated rings. The van der Waals surface area contributed by atoms with Crippen LogP contribution >= 0.6 is 34.5 Å². The normalized spacial score (nSPS) is 11.3. The molecular formula is C20H15Cl2N3O2S. The van der Waals surface area contributed by atoms with E-state index in [1.54, 1.807) is 36.8 Å². The van der Waals surface area contributed by atoms with Crippen molar-refractivity contribution in [3.63, 3.8) is 0 Å². The summed E-state index contributed by atoms with van der Waals surface area (Å²) in [5.41, 5.74) is 4.49. The van der Waals surface area contributed by atoms with Crippen LogP contribution in [0.3, 0.4) is 0 Å². The topological polar surface area (TPSA) is 66.3 Å². The van der Waals surface area contributed by atoms with Gasteiger partial charge in [-0.2, -0.15) is 0 Å². The molecule has 0 aliphatic heterocycles. The molecule has 4 rings (SSSR count). The summed E-state index contributed by atoms with van der Waals surface area (Å²) in [4.78, 5) is 23.2. The molecule has 1 N–H and O–H groups in total. The molecule has 0 saturated carbocycles. The second kappa shape index (κ2) is 7.20. The fourth-order valence-corrected chi connectivity index (χ4v) is 4.41. The lowest BCUT2D eigenvalue weighted by Crippen LogP contribution is -2.26. The summed E-state index contributed by atoms with van der Waals surface area (Å²) in [6.45, 7) is 2.19. The van der Waals surface area contributed by atoms with E-state index in [1.165, 1.54) is 16.2 Å². The van der Waals surface area contributed by atoms with Crippen LogP contribution in [0.2, 0.25) is 10.0 Å². The maximum Gasteiger partial charge on any atom is 0.257 e. The van der Waals surface area contributed by atoms with Gasteiger partial charge in [-0.1, -0.05) is 23.2 Å². The number of carbonyl (C=O) groups is 1.